The number of benzene rings is 2. The van der Waals surface area contributed by atoms with E-state index in [4.69, 9.17) is 0 Å². The molecule has 1 fully saturated rings. The Morgan fingerprint density at radius 1 is 0.902 bits per heavy atom. The zero-order valence-electron chi connectivity index (χ0n) is 23.1. The van der Waals surface area contributed by atoms with E-state index in [0.29, 0.717) is 35.4 Å². The molecular weight excluding hydrogens is 524 g/mol. The molecule has 7 nitrogen and oxygen atoms in total. The first-order valence-electron chi connectivity index (χ1n) is 14.5. The van der Waals surface area contributed by atoms with Crippen molar-refractivity contribution in [1.82, 2.24) is 14.8 Å². The number of allylic oxidation sites excluding steroid dienone is 1. The van der Waals surface area contributed by atoms with Crippen LogP contribution in [0.2, 0.25) is 0 Å². The fraction of sp³-hybridized carbons (Fsp3) is 0.375. The Balaban J connectivity index is 1.13. The van der Waals surface area contributed by atoms with Crippen LogP contribution in [0.25, 0.3) is 5.57 Å². The fourth-order valence-corrected chi connectivity index (χ4v) is 5.99. The Labute approximate surface area is 238 Å². The molecule has 9 heteroatoms. The smallest absolute Gasteiger partial charge is 0.256 e. The van der Waals surface area contributed by atoms with Crippen molar-refractivity contribution in [2.24, 2.45) is 0 Å². The number of aryl methyl sites for hydroxylation is 1. The summed E-state index contributed by atoms with van der Waals surface area (Å²) in [6.45, 7) is 4.97. The monoisotopic (exact) mass is 559 g/mol. The number of carbonyl (C=O) groups is 2. The molecule has 0 radical (unpaired) electrons. The van der Waals surface area contributed by atoms with Gasteiger partial charge in [-0.25, -0.2) is 8.78 Å². The molecule has 214 valence electrons. The first-order chi connectivity index (χ1) is 19.9. The maximum atomic E-state index is 15.0. The molecule has 3 aliphatic heterocycles. The van der Waals surface area contributed by atoms with Gasteiger partial charge in [0, 0.05) is 55.1 Å². The number of halogens is 2. The Bertz CT molecular complexity index is 1470. The Hall–Kier alpha value is -3.98. The minimum Gasteiger partial charge on any atom is -0.379 e. The van der Waals surface area contributed by atoms with Gasteiger partial charge in [-0.15, -0.1) is 0 Å². The normalized spacial score (nSPS) is 18.3. The van der Waals surface area contributed by atoms with Crippen LogP contribution in [0.5, 0.6) is 0 Å². The number of piperidine rings is 1. The number of aromatic amines is 1. The minimum absolute atomic E-state index is 0.0661. The number of carbonyl (C=O) groups excluding carboxylic acids is 2. The number of nitrogens with one attached hydrogen (secondary N) is 3. The molecule has 4 heterocycles. The van der Waals surface area contributed by atoms with Crippen LogP contribution in [-0.4, -0.2) is 59.3 Å². The fourth-order valence-electron chi connectivity index (χ4n) is 5.99. The molecule has 3 aromatic rings. The van der Waals surface area contributed by atoms with E-state index >= 15 is 0 Å². The lowest BCUT2D eigenvalue weighted by atomic mass is 10.0. The SMILES string of the molecule is O=C1Nc2cc(NCc3ccc(F)cc3)c(F)cc2/C1=C/Cc1cc2c([nH]1)CCCN(CCN1CCCCC1)C2=O. The third-order valence-electron chi connectivity index (χ3n) is 8.27. The zero-order chi connectivity index (χ0) is 28.3. The first-order valence-corrected chi connectivity index (χ1v) is 14.5. The summed E-state index contributed by atoms with van der Waals surface area (Å²) < 4.78 is 28.1. The molecule has 0 unspecified atom stereocenters. The van der Waals surface area contributed by atoms with Gasteiger partial charge in [-0.3, -0.25) is 9.59 Å². The second-order valence-corrected chi connectivity index (χ2v) is 11.1. The lowest BCUT2D eigenvalue weighted by Gasteiger charge is -2.29. The largest absolute Gasteiger partial charge is 0.379 e. The number of anilines is 2. The average molecular weight is 560 g/mol. The van der Waals surface area contributed by atoms with Gasteiger partial charge in [0.25, 0.3) is 11.8 Å². The summed E-state index contributed by atoms with van der Waals surface area (Å²) in [6.07, 6.45) is 7.69. The Morgan fingerprint density at radius 2 is 1.71 bits per heavy atom. The quantitative estimate of drug-likeness (QED) is 0.325. The Kier molecular flexibility index (Phi) is 7.87. The molecule has 1 aromatic heterocycles. The lowest BCUT2D eigenvalue weighted by molar-refractivity contribution is -0.110. The number of aromatic nitrogens is 1. The van der Waals surface area contributed by atoms with E-state index in [9.17, 15) is 18.4 Å². The van der Waals surface area contributed by atoms with Gasteiger partial charge in [0.1, 0.15) is 11.6 Å². The minimum atomic E-state index is -0.477. The van der Waals surface area contributed by atoms with Gasteiger partial charge in [0.2, 0.25) is 0 Å². The van der Waals surface area contributed by atoms with Crippen LogP contribution < -0.4 is 10.6 Å². The molecular formula is C32H35F2N5O2. The van der Waals surface area contributed by atoms with Crippen LogP contribution in [0.3, 0.4) is 0 Å². The van der Waals surface area contributed by atoms with Gasteiger partial charge >= 0.3 is 0 Å². The highest BCUT2D eigenvalue weighted by Crippen LogP contribution is 2.36. The number of hydrogen-bond donors (Lipinski definition) is 3. The van der Waals surface area contributed by atoms with E-state index in [-0.39, 0.29) is 23.3 Å². The van der Waals surface area contributed by atoms with E-state index in [1.807, 2.05) is 11.0 Å². The number of nitrogens with zero attached hydrogens (tertiary/aromatic N) is 2. The van der Waals surface area contributed by atoms with Crippen LogP contribution in [0.4, 0.5) is 20.2 Å². The topological polar surface area (TPSA) is 80.5 Å². The number of amides is 2. The molecule has 0 atom stereocenters. The predicted molar refractivity (Wildman–Crippen MR) is 156 cm³/mol. The van der Waals surface area contributed by atoms with Crippen LogP contribution in [0.15, 0.2) is 48.5 Å². The average Bonchev–Trinajstić information content (AvgIpc) is 3.48. The summed E-state index contributed by atoms with van der Waals surface area (Å²) in [7, 11) is 0. The molecule has 2 amide bonds. The van der Waals surface area contributed by atoms with E-state index in [2.05, 4.69) is 20.5 Å². The standard InChI is InChI=1S/C32H35F2N5O2/c33-22-8-6-21(7-9-22)20-35-30-19-29-25(18-27(30)34)24(31(40)37-29)11-10-23-17-26-28(36-23)5-4-14-39(32(26)41)16-15-38-12-2-1-3-13-38/h6-9,11,17-19,35-36H,1-5,10,12-16,20H2,(H,37,40)/b24-11-. The maximum absolute atomic E-state index is 15.0. The van der Waals surface area contributed by atoms with Crippen molar-refractivity contribution < 1.29 is 18.4 Å². The van der Waals surface area contributed by atoms with Crippen LogP contribution in [0.1, 0.15) is 58.6 Å². The van der Waals surface area contributed by atoms with Gasteiger partial charge in [0.05, 0.1) is 16.9 Å². The van der Waals surface area contributed by atoms with Crippen LogP contribution in [-0.2, 0) is 24.2 Å². The zero-order valence-corrected chi connectivity index (χ0v) is 23.1. The highest BCUT2D eigenvalue weighted by atomic mass is 19.1. The number of hydrogen-bond acceptors (Lipinski definition) is 4. The van der Waals surface area contributed by atoms with Gasteiger partial charge in [-0.1, -0.05) is 24.6 Å². The number of fused-ring (bicyclic) bond motifs is 2. The second kappa shape index (κ2) is 11.9. The summed E-state index contributed by atoms with van der Waals surface area (Å²) in [4.78, 5) is 34.0. The van der Waals surface area contributed by atoms with E-state index in [1.54, 1.807) is 24.3 Å². The molecule has 0 saturated carbocycles. The molecule has 0 spiro atoms. The van der Waals surface area contributed by atoms with Crippen LogP contribution >= 0.6 is 0 Å². The van der Waals surface area contributed by atoms with Gasteiger partial charge in [-0.05, 0) is 74.7 Å². The highest BCUT2D eigenvalue weighted by molar-refractivity contribution is 6.31. The summed E-state index contributed by atoms with van der Waals surface area (Å²) in [6, 6.07) is 10.8. The van der Waals surface area contributed by atoms with E-state index in [1.165, 1.54) is 37.5 Å². The molecule has 3 aliphatic rings. The molecule has 0 aliphatic carbocycles. The first kappa shape index (κ1) is 27.2. The number of H-pyrrole nitrogens is 1. The van der Waals surface area contributed by atoms with E-state index < -0.39 is 5.82 Å². The summed E-state index contributed by atoms with van der Waals surface area (Å²) in [5.74, 6) is -1.03. The molecule has 3 N–H and O–H groups in total. The van der Waals surface area contributed by atoms with Crippen molar-refractivity contribution >= 4 is 28.8 Å². The number of rotatable bonds is 8. The molecule has 41 heavy (non-hydrogen) atoms. The van der Waals surface area contributed by atoms with Crippen LogP contribution in [0, 0.1) is 11.6 Å². The third-order valence-corrected chi connectivity index (χ3v) is 8.27. The van der Waals surface area contributed by atoms with Crippen molar-refractivity contribution in [1.29, 1.82) is 0 Å². The van der Waals surface area contributed by atoms with Crippen molar-refractivity contribution in [2.45, 2.75) is 45.1 Å². The summed E-state index contributed by atoms with van der Waals surface area (Å²) in [5, 5.41) is 5.85. The van der Waals surface area contributed by atoms with Crippen molar-refractivity contribution in [3.05, 3.63) is 88.3 Å². The molecule has 1 saturated heterocycles. The highest BCUT2D eigenvalue weighted by Gasteiger charge is 2.27. The van der Waals surface area contributed by atoms with E-state index in [0.717, 1.165) is 62.5 Å². The third kappa shape index (κ3) is 6.05. The number of likely N-dealkylation sites (tertiary alicyclic amines) is 1. The second-order valence-electron chi connectivity index (χ2n) is 11.1. The van der Waals surface area contributed by atoms with Crippen molar-refractivity contribution in [3.8, 4) is 0 Å². The lowest BCUT2D eigenvalue weighted by Crippen LogP contribution is -2.40. The predicted octanol–water partition coefficient (Wildman–Crippen LogP) is 5.36. The Morgan fingerprint density at radius 3 is 2.51 bits per heavy atom. The van der Waals surface area contributed by atoms with Gasteiger partial charge in [-0.2, -0.15) is 0 Å². The molecule has 0 bridgehead atoms. The summed E-state index contributed by atoms with van der Waals surface area (Å²) in [5.41, 5.74) is 5.03. The van der Waals surface area contributed by atoms with Crippen molar-refractivity contribution in [3.63, 3.8) is 0 Å². The maximum Gasteiger partial charge on any atom is 0.256 e. The van der Waals surface area contributed by atoms with Gasteiger partial charge in [0.15, 0.2) is 0 Å². The van der Waals surface area contributed by atoms with Gasteiger partial charge < -0.3 is 25.4 Å². The molecule has 6 rings (SSSR count). The summed E-state index contributed by atoms with van der Waals surface area (Å²) >= 11 is 0. The van der Waals surface area contributed by atoms with Crippen molar-refractivity contribution in [2.75, 3.05) is 43.4 Å². The molecule has 2 aromatic carbocycles.